The molecule has 1 amide bonds. The summed E-state index contributed by atoms with van der Waals surface area (Å²) in [4.78, 5) is 22.9. The summed E-state index contributed by atoms with van der Waals surface area (Å²) >= 11 is 0. The van der Waals surface area contributed by atoms with E-state index in [1.54, 1.807) is 6.07 Å². The van der Waals surface area contributed by atoms with Crippen LogP contribution in [0.5, 0.6) is 0 Å². The Labute approximate surface area is 98.8 Å². The van der Waals surface area contributed by atoms with Crippen molar-refractivity contribution in [2.24, 2.45) is 5.92 Å². The van der Waals surface area contributed by atoms with Crippen molar-refractivity contribution < 1.29 is 19.1 Å². The number of rotatable bonds is 5. The molecule has 2 rings (SSSR count). The van der Waals surface area contributed by atoms with Crippen molar-refractivity contribution in [3.63, 3.8) is 0 Å². The molecule has 5 nitrogen and oxygen atoms in total. The Hall–Kier alpha value is -1.78. The minimum absolute atomic E-state index is 0.0772. The van der Waals surface area contributed by atoms with E-state index in [1.165, 1.54) is 6.26 Å². The molecule has 0 radical (unpaired) electrons. The van der Waals surface area contributed by atoms with E-state index in [4.69, 9.17) is 9.52 Å². The summed E-state index contributed by atoms with van der Waals surface area (Å²) in [6.45, 7) is 1.88. The largest absolute Gasteiger partial charge is 0.480 e. The van der Waals surface area contributed by atoms with Crippen LogP contribution in [0, 0.1) is 5.92 Å². The van der Waals surface area contributed by atoms with Crippen LogP contribution in [0.3, 0.4) is 0 Å². The molecular formula is C12H15NO4. The third-order valence-electron chi connectivity index (χ3n) is 2.96. The van der Waals surface area contributed by atoms with Crippen LogP contribution in [-0.4, -0.2) is 23.0 Å². The molecule has 2 N–H and O–H groups in total. The van der Waals surface area contributed by atoms with Gasteiger partial charge in [-0.05, 0) is 24.8 Å². The van der Waals surface area contributed by atoms with Gasteiger partial charge in [0.2, 0.25) is 0 Å². The van der Waals surface area contributed by atoms with Gasteiger partial charge in [0.05, 0.1) is 11.8 Å². The second-order valence-corrected chi connectivity index (χ2v) is 4.24. The van der Waals surface area contributed by atoms with Crippen LogP contribution >= 0.6 is 0 Å². The number of aryl methyl sites for hydroxylation is 1. The molecule has 92 valence electrons. The van der Waals surface area contributed by atoms with Crippen molar-refractivity contribution in [1.82, 2.24) is 5.32 Å². The zero-order chi connectivity index (χ0) is 12.4. The molecule has 0 aromatic carbocycles. The van der Waals surface area contributed by atoms with Gasteiger partial charge in [-0.25, -0.2) is 4.79 Å². The lowest BCUT2D eigenvalue weighted by Crippen LogP contribution is -2.42. The topological polar surface area (TPSA) is 79.5 Å². The van der Waals surface area contributed by atoms with Gasteiger partial charge in [-0.15, -0.1) is 0 Å². The highest BCUT2D eigenvalue weighted by Gasteiger charge is 2.37. The standard InChI is InChI=1S/C12H15NO4/c1-2-9-8(5-6-17-9)11(14)13-10(12(15)16)7-3-4-7/h5-7,10H,2-4H2,1H3,(H,13,14)(H,15,16). The first-order valence-electron chi connectivity index (χ1n) is 5.73. The number of amides is 1. The van der Waals surface area contributed by atoms with Crippen LogP contribution < -0.4 is 5.32 Å². The summed E-state index contributed by atoms with van der Waals surface area (Å²) in [5.41, 5.74) is 0.430. The van der Waals surface area contributed by atoms with Crippen molar-refractivity contribution in [1.29, 1.82) is 0 Å². The molecule has 0 saturated heterocycles. The number of carbonyl (C=O) groups is 2. The fraction of sp³-hybridized carbons (Fsp3) is 0.500. The van der Waals surface area contributed by atoms with Crippen molar-refractivity contribution in [2.75, 3.05) is 0 Å². The third-order valence-corrected chi connectivity index (χ3v) is 2.96. The maximum atomic E-state index is 11.9. The molecule has 5 heteroatoms. The highest BCUT2D eigenvalue weighted by Crippen LogP contribution is 2.33. The molecule has 1 unspecified atom stereocenters. The van der Waals surface area contributed by atoms with Crippen molar-refractivity contribution in [2.45, 2.75) is 32.2 Å². The van der Waals surface area contributed by atoms with Crippen LogP contribution in [-0.2, 0) is 11.2 Å². The van der Waals surface area contributed by atoms with Gasteiger partial charge in [-0.3, -0.25) is 4.79 Å². The number of hydrogen-bond donors (Lipinski definition) is 2. The summed E-state index contributed by atoms with van der Waals surface area (Å²) in [7, 11) is 0. The highest BCUT2D eigenvalue weighted by atomic mass is 16.4. The summed E-state index contributed by atoms with van der Waals surface area (Å²) in [5, 5.41) is 11.6. The van der Waals surface area contributed by atoms with E-state index in [0.717, 1.165) is 12.8 Å². The highest BCUT2D eigenvalue weighted by molar-refractivity contribution is 5.97. The number of carboxylic acids is 1. The van der Waals surface area contributed by atoms with E-state index in [0.29, 0.717) is 17.7 Å². The number of carboxylic acid groups (broad SMARTS) is 1. The summed E-state index contributed by atoms with van der Waals surface area (Å²) < 4.78 is 5.14. The number of aliphatic carboxylic acids is 1. The molecule has 17 heavy (non-hydrogen) atoms. The Morgan fingerprint density at radius 3 is 2.82 bits per heavy atom. The zero-order valence-electron chi connectivity index (χ0n) is 9.60. The predicted molar refractivity (Wildman–Crippen MR) is 59.7 cm³/mol. The maximum Gasteiger partial charge on any atom is 0.326 e. The number of carbonyl (C=O) groups excluding carboxylic acids is 1. The van der Waals surface area contributed by atoms with Crippen molar-refractivity contribution in [3.05, 3.63) is 23.7 Å². The summed E-state index contributed by atoms with van der Waals surface area (Å²) in [6.07, 6.45) is 3.78. The first-order valence-corrected chi connectivity index (χ1v) is 5.73. The average molecular weight is 237 g/mol. The fourth-order valence-corrected chi connectivity index (χ4v) is 1.85. The van der Waals surface area contributed by atoms with E-state index in [2.05, 4.69) is 5.32 Å². The zero-order valence-corrected chi connectivity index (χ0v) is 9.60. The van der Waals surface area contributed by atoms with Crippen LogP contribution in [0.4, 0.5) is 0 Å². The van der Waals surface area contributed by atoms with E-state index in [9.17, 15) is 9.59 Å². The molecule has 1 heterocycles. The number of nitrogens with one attached hydrogen (secondary N) is 1. The van der Waals surface area contributed by atoms with Crippen molar-refractivity contribution in [3.8, 4) is 0 Å². The van der Waals surface area contributed by atoms with Gasteiger partial charge in [0.15, 0.2) is 0 Å². The fourth-order valence-electron chi connectivity index (χ4n) is 1.85. The lowest BCUT2D eigenvalue weighted by Gasteiger charge is -2.13. The SMILES string of the molecule is CCc1occc1C(=O)NC(C(=O)O)C1CC1. The first kappa shape index (κ1) is 11.7. The summed E-state index contributed by atoms with van der Waals surface area (Å²) in [6, 6.07) is 0.794. The second-order valence-electron chi connectivity index (χ2n) is 4.24. The third kappa shape index (κ3) is 2.49. The van der Waals surface area contributed by atoms with E-state index < -0.39 is 12.0 Å². The van der Waals surface area contributed by atoms with Crippen LogP contribution in [0.15, 0.2) is 16.7 Å². The quantitative estimate of drug-likeness (QED) is 0.812. The molecule has 0 aliphatic heterocycles. The van der Waals surface area contributed by atoms with Gasteiger partial charge in [0.25, 0.3) is 5.91 Å². The van der Waals surface area contributed by atoms with Gasteiger partial charge in [0.1, 0.15) is 11.8 Å². The van der Waals surface area contributed by atoms with Crippen LogP contribution in [0.25, 0.3) is 0 Å². The average Bonchev–Trinajstić information content (AvgIpc) is 3.01. The number of furan rings is 1. The first-order chi connectivity index (χ1) is 8.13. The minimum atomic E-state index is -0.970. The van der Waals surface area contributed by atoms with Gasteiger partial charge in [0, 0.05) is 6.42 Å². The Kier molecular flexibility index (Phi) is 3.17. The Morgan fingerprint density at radius 2 is 2.29 bits per heavy atom. The smallest absolute Gasteiger partial charge is 0.326 e. The van der Waals surface area contributed by atoms with E-state index in [-0.39, 0.29) is 11.8 Å². The molecular weight excluding hydrogens is 222 g/mol. The van der Waals surface area contributed by atoms with Crippen molar-refractivity contribution >= 4 is 11.9 Å². The van der Waals surface area contributed by atoms with Crippen LogP contribution in [0.1, 0.15) is 35.9 Å². The van der Waals surface area contributed by atoms with Gasteiger partial charge in [-0.2, -0.15) is 0 Å². The van der Waals surface area contributed by atoms with Gasteiger partial charge < -0.3 is 14.8 Å². The normalized spacial score (nSPS) is 16.5. The molecule has 1 atom stereocenters. The molecule has 0 spiro atoms. The van der Waals surface area contributed by atoms with E-state index in [1.807, 2.05) is 6.92 Å². The second kappa shape index (κ2) is 4.61. The Morgan fingerprint density at radius 1 is 1.59 bits per heavy atom. The Bertz CT molecular complexity index is 433. The molecule has 1 aromatic rings. The Balaban J connectivity index is 2.07. The predicted octanol–water partition coefficient (Wildman–Crippen LogP) is 1.44. The monoisotopic (exact) mass is 237 g/mol. The lowest BCUT2D eigenvalue weighted by atomic mass is 10.1. The lowest BCUT2D eigenvalue weighted by molar-refractivity contribution is -0.139. The van der Waals surface area contributed by atoms with Gasteiger partial charge in [-0.1, -0.05) is 6.92 Å². The molecule has 0 bridgehead atoms. The molecule has 1 fully saturated rings. The number of hydrogen-bond acceptors (Lipinski definition) is 3. The van der Waals surface area contributed by atoms with Crippen LogP contribution in [0.2, 0.25) is 0 Å². The maximum absolute atomic E-state index is 11.9. The minimum Gasteiger partial charge on any atom is -0.480 e. The van der Waals surface area contributed by atoms with E-state index >= 15 is 0 Å². The molecule has 1 aliphatic carbocycles. The molecule has 1 aliphatic rings. The molecule has 1 aromatic heterocycles. The van der Waals surface area contributed by atoms with Gasteiger partial charge >= 0.3 is 5.97 Å². The summed E-state index contributed by atoms with van der Waals surface area (Å²) in [5.74, 6) is -0.673. The molecule has 1 saturated carbocycles.